The van der Waals surface area contributed by atoms with Gasteiger partial charge in [-0.3, -0.25) is 10.1 Å². The molecule has 0 aliphatic carbocycles. The molecule has 0 aliphatic heterocycles. The third-order valence-electron chi connectivity index (χ3n) is 4.58. The van der Waals surface area contributed by atoms with Gasteiger partial charge >= 0.3 is 0 Å². The topological polar surface area (TPSA) is 109 Å². The van der Waals surface area contributed by atoms with Crippen LogP contribution < -0.4 is 14.8 Å². The predicted molar refractivity (Wildman–Crippen MR) is 128 cm³/mol. The molecule has 0 saturated heterocycles. The van der Waals surface area contributed by atoms with Gasteiger partial charge in [0.15, 0.2) is 5.13 Å². The maximum Gasteiger partial charge on any atom is 0.257 e. The van der Waals surface area contributed by atoms with E-state index in [9.17, 15) is 4.79 Å². The fourth-order valence-corrected chi connectivity index (χ4v) is 3.81. The fourth-order valence-electron chi connectivity index (χ4n) is 3.13. The van der Waals surface area contributed by atoms with Crippen LogP contribution in [0.15, 0.2) is 52.3 Å². The van der Waals surface area contributed by atoms with Crippen molar-refractivity contribution < 1.29 is 23.4 Å². The zero-order valence-electron chi connectivity index (χ0n) is 19.2. The van der Waals surface area contributed by atoms with E-state index in [1.807, 2.05) is 31.4 Å². The number of rotatable bonds is 9. The van der Waals surface area contributed by atoms with Crippen molar-refractivity contribution in [3.05, 3.63) is 65.0 Å². The van der Waals surface area contributed by atoms with Gasteiger partial charge in [-0.05, 0) is 50.2 Å². The van der Waals surface area contributed by atoms with Crippen LogP contribution in [0.4, 0.5) is 5.13 Å². The molecule has 2 heterocycles. The van der Waals surface area contributed by atoms with Crippen molar-refractivity contribution in [2.45, 2.75) is 26.9 Å². The third kappa shape index (κ3) is 5.97. The number of hydrogen-bond donors (Lipinski definition) is 1. The Hall–Kier alpha value is -3.76. The van der Waals surface area contributed by atoms with Crippen molar-refractivity contribution in [2.24, 2.45) is 0 Å². The lowest BCUT2D eigenvalue weighted by Gasteiger charge is -2.16. The van der Waals surface area contributed by atoms with E-state index in [1.54, 1.807) is 44.4 Å². The van der Waals surface area contributed by atoms with Crippen molar-refractivity contribution >= 4 is 22.4 Å². The molecule has 0 fully saturated rings. The normalized spacial score (nSPS) is 11.8. The number of hydrogen-bond acceptors (Lipinski definition) is 9. The lowest BCUT2D eigenvalue weighted by Crippen LogP contribution is -2.18. The molecular formula is C24H24N4O5S. The average Bonchev–Trinajstić information content (AvgIpc) is 3.42. The highest BCUT2D eigenvalue weighted by molar-refractivity contribution is 7.13. The molecule has 2 aromatic carbocycles. The fraction of sp³-hybridized carbons (Fsp3) is 0.250. The molecule has 176 valence electrons. The maximum absolute atomic E-state index is 12.9. The van der Waals surface area contributed by atoms with Crippen LogP contribution in [0.2, 0.25) is 0 Å². The predicted octanol–water partition coefficient (Wildman–Crippen LogP) is 5.27. The Morgan fingerprint density at radius 2 is 1.85 bits per heavy atom. The van der Waals surface area contributed by atoms with Crippen LogP contribution in [0.25, 0.3) is 11.5 Å². The molecule has 0 bridgehead atoms. The number of carbonyl (C=O) groups is 1. The van der Waals surface area contributed by atoms with Gasteiger partial charge in [0, 0.05) is 36.6 Å². The Morgan fingerprint density at radius 3 is 2.50 bits per heavy atom. The second-order valence-corrected chi connectivity index (χ2v) is 8.44. The van der Waals surface area contributed by atoms with Gasteiger partial charge in [0.25, 0.3) is 5.91 Å². The Balaban J connectivity index is 1.57. The number of nitrogens with zero attached hydrogens (tertiary/aromatic N) is 3. The van der Waals surface area contributed by atoms with Crippen molar-refractivity contribution in [3.63, 3.8) is 0 Å². The van der Waals surface area contributed by atoms with Crippen LogP contribution in [0, 0.1) is 13.8 Å². The number of thiazole rings is 1. The molecule has 0 saturated carbocycles. The van der Waals surface area contributed by atoms with E-state index in [1.165, 1.54) is 11.3 Å². The van der Waals surface area contributed by atoms with E-state index >= 15 is 0 Å². The number of carbonyl (C=O) groups excluding carboxylic acids is 1. The van der Waals surface area contributed by atoms with E-state index in [-0.39, 0.29) is 12.0 Å². The summed E-state index contributed by atoms with van der Waals surface area (Å²) < 4.78 is 22.6. The first kappa shape index (κ1) is 23.4. The maximum atomic E-state index is 12.9. The van der Waals surface area contributed by atoms with Gasteiger partial charge in [0.1, 0.15) is 23.4 Å². The highest BCUT2D eigenvalue weighted by atomic mass is 32.1. The van der Waals surface area contributed by atoms with Gasteiger partial charge in [-0.1, -0.05) is 0 Å². The molecule has 1 N–H and O–H groups in total. The summed E-state index contributed by atoms with van der Waals surface area (Å²) in [5.74, 6) is 2.12. The van der Waals surface area contributed by atoms with E-state index in [4.69, 9.17) is 18.6 Å². The molecule has 0 spiro atoms. The molecule has 1 atom stereocenters. The van der Waals surface area contributed by atoms with Gasteiger partial charge in [0.2, 0.25) is 11.8 Å². The van der Waals surface area contributed by atoms with Crippen LogP contribution in [-0.4, -0.2) is 40.9 Å². The number of benzene rings is 2. The molecule has 0 aliphatic rings. The Labute approximate surface area is 200 Å². The molecular weight excluding hydrogens is 456 g/mol. The molecule has 10 heteroatoms. The highest BCUT2D eigenvalue weighted by Gasteiger charge is 2.15. The van der Waals surface area contributed by atoms with Crippen LogP contribution in [-0.2, 0) is 4.74 Å². The van der Waals surface area contributed by atoms with E-state index in [0.717, 1.165) is 11.3 Å². The number of aromatic nitrogens is 3. The Morgan fingerprint density at radius 1 is 1.09 bits per heavy atom. The molecule has 4 aromatic rings. The number of ether oxygens (including phenoxy) is 3. The number of aryl methyl sites for hydroxylation is 2. The number of methoxy groups -OCH3 is 1. The van der Waals surface area contributed by atoms with Crippen LogP contribution in [0.3, 0.4) is 0 Å². The van der Waals surface area contributed by atoms with Crippen molar-refractivity contribution in [1.82, 2.24) is 15.2 Å². The zero-order chi connectivity index (χ0) is 24.1. The Bertz CT molecular complexity index is 1270. The summed E-state index contributed by atoms with van der Waals surface area (Å²) in [6.07, 6.45) is -0.213. The van der Waals surface area contributed by atoms with Crippen molar-refractivity contribution in [2.75, 3.05) is 19.0 Å². The largest absolute Gasteiger partial charge is 0.488 e. The first-order valence-electron chi connectivity index (χ1n) is 10.5. The first-order valence-corrected chi connectivity index (χ1v) is 11.4. The summed E-state index contributed by atoms with van der Waals surface area (Å²) in [7, 11) is 1.60. The minimum atomic E-state index is -0.314. The number of amides is 1. The monoisotopic (exact) mass is 480 g/mol. The van der Waals surface area contributed by atoms with E-state index in [2.05, 4.69) is 20.5 Å². The highest BCUT2D eigenvalue weighted by Crippen LogP contribution is 2.30. The standard InChI is InChI=1S/C24H24N4O5S/c1-14-13-34-24(25-14)26-22(29)18-9-20(31-15(2)12-30-4)11-21(10-18)33-19-7-5-17(6-8-19)23-28-27-16(3)32-23/h5-11,13,15H,12H2,1-4H3,(H,25,26,29)/t15-/m0/s1. The van der Waals surface area contributed by atoms with Gasteiger partial charge in [-0.2, -0.15) is 0 Å². The van der Waals surface area contributed by atoms with Crippen LogP contribution in [0.1, 0.15) is 28.9 Å². The quantitative estimate of drug-likeness (QED) is 0.345. The number of anilines is 1. The lowest BCUT2D eigenvalue weighted by atomic mass is 10.1. The Kier molecular flexibility index (Phi) is 7.19. The van der Waals surface area contributed by atoms with Crippen molar-refractivity contribution in [1.29, 1.82) is 0 Å². The molecule has 34 heavy (non-hydrogen) atoms. The smallest absolute Gasteiger partial charge is 0.257 e. The van der Waals surface area contributed by atoms with Crippen molar-refractivity contribution in [3.8, 4) is 28.7 Å². The second-order valence-electron chi connectivity index (χ2n) is 7.58. The van der Waals surface area contributed by atoms with Gasteiger partial charge in [-0.15, -0.1) is 21.5 Å². The van der Waals surface area contributed by atoms with Gasteiger partial charge in [-0.25, -0.2) is 4.98 Å². The summed E-state index contributed by atoms with van der Waals surface area (Å²) >= 11 is 1.36. The average molecular weight is 481 g/mol. The second kappa shape index (κ2) is 10.4. The van der Waals surface area contributed by atoms with Gasteiger partial charge < -0.3 is 18.6 Å². The third-order valence-corrected chi connectivity index (χ3v) is 5.46. The molecule has 2 aromatic heterocycles. The molecule has 4 rings (SSSR count). The zero-order valence-corrected chi connectivity index (χ0v) is 20.0. The molecule has 0 unspecified atom stereocenters. The van der Waals surface area contributed by atoms with Crippen LogP contribution in [0.5, 0.6) is 17.2 Å². The molecule has 0 radical (unpaired) electrons. The number of nitrogens with one attached hydrogen (secondary N) is 1. The minimum Gasteiger partial charge on any atom is -0.488 e. The van der Waals surface area contributed by atoms with E-state index in [0.29, 0.717) is 46.3 Å². The van der Waals surface area contributed by atoms with E-state index < -0.39 is 0 Å². The first-order chi connectivity index (χ1) is 16.4. The summed E-state index contributed by atoms with van der Waals surface area (Å²) in [6, 6.07) is 12.3. The summed E-state index contributed by atoms with van der Waals surface area (Å²) in [5, 5.41) is 13.1. The van der Waals surface area contributed by atoms with Gasteiger partial charge in [0.05, 0.1) is 12.3 Å². The van der Waals surface area contributed by atoms with Crippen LogP contribution >= 0.6 is 11.3 Å². The lowest BCUT2D eigenvalue weighted by molar-refractivity contribution is 0.0916. The molecule has 9 nitrogen and oxygen atoms in total. The summed E-state index contributed by atoms with van der Waals surface area (Å²) in [5.41, 5.74) is 1.99. The summed E-state index contributed by atoms with van der Waals surface area (Å²) in [4.78, 5) is 17.2. The minimum absolute atomic E-state index is 0.213. The molecule has 1 amide bonds. The summed E-state index contributed by atoms with van der Waals surface area (Å²) in [6.45, 7) is 5.89. The SMILES string of the molecule is COC[C@H](C)Oc1cc(Oc2ccc(-c3nnc(C)o3)cc2)cc(C(=O)Nc2nc(C)cs2)c1.